The van der Waals surface area contributed by atoms with E-state index in [2.05, 4.69) is 15.9 Å². The third kappa shape index (κ3) is 1.76. The minimum atomic E-state index is 0.674. The summed E-state index contributed by atoms with van der Waals surface area (Å²) in [7, 11) is 0. The summed E-state index contributed by atoms with van der Waals surface area (Å²) in [6.45, 7) is 2.65. The van der Waals surface area contributed by atoms with Crippen LogP contribution in [0.25, 0.3) is 10.1 Å². The molecule has 0 unspecified atom stereocenters. The number of ether oxygens (including phenoxy) is 1. The van der Waals surface area contributed by atoms with Crippen molar-refractivity contribution in [3.05, 3.63) is 27.0 Å². The maximum absolute atomic E-state index is 5.91. The highest BCUT2D eigenvalue weighted by Crippen LogP contribution is 2.42. The molecule has 1 heterocycles. The molecule has 14 heavy (non-hydrogen) atoms. The number of hydrogen-bond donors (Lipinski definition) is 0. The van der Waals surface area contributed by atoms with Gasteiger partial charge in [0.05, 0.1) is 6.61 Å². The van der Waals surface area contributed by atoms with E-state index in [-0.39, 0.29) is 0 Å². The molecule has 1 aromatic heterocycles. The van der Waals surface area contributed by atoms with E-state index in [9.17, 15) is 0 Å². The Bertz CT molecular complexity index is 466. The van der Waals surface area contributed by atoms with Crippen LogP contribution in [-0.2, 0) is 0 Å². The fourth-order valence-corrected chi connectivity index (χ4v) is 3.30. The zero-order valence-corrected chi connectivity index (χ0v) is 10.7. The lowest BCUT2D eigenvalue weighted by Gasteiger charge is -2.01. The summed E-state index contributed by atoms with van der Waals surface area (Å²) >= 11 is 11.0. The highest BCUT2D eigenvalue weighted by atomic mass is 79.9. The molecule has 0 radical (unpaired) electrons. The molecular formula is C10H8BrClOS. The van der Waals surface area contributed by atoms with Gasteiger partial charge in [-0.2, -0.15) is 0 Å². The molecule has 0 spiro atoms. The van der Waals surface area contributed by atoms with Crippen LogP contribution in [0.1, 0.15) is 6.92 Å². The summed E-state index contributed by atoms with van der Waals surface area (Å²) in [5, 5.41) is 1.88. The van der Waals surface area contributed by atoms with E-state index in [1.807, 2.05) is 25.1 Å². The molecule has 0 aliphatic heterocycles. The summed E-state index contributed by atoms with van der Waals surface area (Å²) in [5.74, 6) is 0.921. The minimum Gasteiger partial charge on any atom is -0.491 e. The van der Waals surface area contributed by atoms with Crippen molar-refractivity contribution in [2.45, 2.75) is 6.92 Å². The zero-order valence-electron chi connectivity index (χ0n) is 7.51. The summed E-state index contributed by atoms with van der Waals surface area (Å²) in [5.41, 5.74) is 0. The van der Waals surface area contributed by atoms with Gasteiger partial charge in [0, 0.05) is 15.1 Å². The second kappa shape index (κ2) is 4.09. The molecule has 1 nitrogen and oxygen atoms in total. The maximum atomic E-state index is 5.91. The first-order valence-corrected chi connectivity index (χ1v) is 6.21. The van der Waals surface area contributed by atoms with Crippen LogP contribution >= 0.6 is 38.9 Å². The van der Waals surface area contributed by atoms with Crippen molar-refractivity contribution >= 4 is 49.0 Å². The van der Waals surface area contributed by atoms with Crippen LogP contribution in [0.4, 0.5) is 0 Å². The Labute approximate surface area is 99.8 Å². The molecule has 0 saturated heterocycles. The molecule has 1 aromatic carbocycles. The van der Waals surface area contributed by atoms with Gasteiger partial charge >= 0.3 is 0 Å². The monoisotopic (exact) mass is 290 g/mol. The number of thiophene rings is 1. The maximum Gasteiger partial charge on any atom is 0.152 e. The van der Waals surface area contributed by atoms with Gasteiger partial charge in [-0.15, -0.1) is 11.3 Å². The number of hydrogen-bond acceptors (Lipinski definition) is 2. The number of benzene rings is 1. The topological polar surface area (TPSA) is 9.23 Å². The fourth-order valence-electron chi connectivity index (χ4n) is 1.30. The van der Waals surface area contributed by atoms with E-state index in [0.29, 0.717) is 6.61 Å². The van der Waals surface area contributed by atoms with Gasteiger partial charge in [-0.3, -0.25) is 0 Å². The molecule has 0 atom stereocenters. The van der Waals surface area contributed by atoms with Crippen molar-refractivity contribution in [1.29, 1.82) is 0 Å². The normalized spacial score (nSPS) is 10.8. The van der Waals surface area contributed by atoms with E-state index >= 15 is 0 Å². The molecule has 2 aromatic rings. The summed E-state index contributed by atoms with van der Waals surface area (Å²) in [6, 6.07) is 5.82. The average Bonchev–Trinajstić information content (AvgIpc) is 2.43. The predicted molar refractivity (Wildman–Crippen MR) is 65.7 cm³/mol. The molecule has 4 heteroatoms. The van der Waals surface area contributed by atoms with E-state index in [4.69, 9.17) is 16.3 Å². The highest BCUT2D eigenvalue weighted by Gasteiger charge is 2.10. The SMILES string of the molecule is CCOc1c(Br)sc2cc(Cl)ccc12. The lowest BCUT2D eigenvalue weighted by atomic mass is 10.2. The standard InChI is InChI=1S/C10H8BrClOS/c1-2-13-9-7-4-3-6(12)5-8(7)14-10(9)11/h3-5H,2H2,1H3. The molecule has 0 amide bonds. The third-order valence-corrected chi connectivity index (χ3v) is 3.86. The van der Waals surface area contributed by atoms with Crippen LogP contribution in [0.15, 0.2) is 22.0 Å². The van der Waals surface area contributed by atoms with Crippen LogP contribution in [0.3, 0.4) is 0 Å². The van der Waals surface area contributed by atoms with Gasteiger partial charge in [-0.05, 0) is 41.1 Å². The van der Waals surface area contributed by atoms with Crippen LogP contribution in [0.2, 0.25) is 5.02 Å². The van der Waals surface area contributed by atoms with Crippen molar-refractivity contribution < 1.29 is 4.74 Å². The minimum absolute atomic E-state index is 0.674. The average molecular weight is 292 g/mol. The summed E-state index contributed by atoms with van der Waals surface area (Å²) < 4.78 is 7.72. The van der Waals surface area contributed by atoms with Gasteiger partial charge < -0.3 is 4.74 Å². The second-order valence-corrected chi connectivity index (χ2v) is 5.58. The van der Waals surface area contributed by atoms with E-state index < -0.39 is 0 Å². The van der Waals surface area contributed by atoms with Gasteiger partial charge in [0.25, 0.3) is 0 Å². The van der Waals surface area contributed by atoms with E-state index in [1.165, 1.54) is 0 Å². The van der Waals surface area contributed by atoms with E-state index in [0.717, 1.165) is 24.6 Å². The predicted octanol–water partition coefficient (Wildman–Crippen LogP) is 4.72. The second-order valence-electron chi connectivity index (χ2n) is 2.78. The molecule has 0 N–H and O–H groups in total. The Balaban J connectivity index is 2.64. The fraction of sp³-hybridized carbons (Fsp3) is 0.200. The van der Waals surface area contributed by atoms with Gasteiger partial charge in [-0.25, -0.2) is 0 Å². The molecule has 0 aliphatic carbocycles. The lowest BCUT2D eigenvalue weighted by Crippen LogP contribution is -1.90. The summed E-state index contributed by atoms with van der Waals surface area (Å²) in [4.78, 5) is 0. The third-order valence-electron chi connectivity index (χ3n) is 1.86. The number of halogens is 2. The smallest absolute Gasteiger partial charge is 0.152 e. The molecule has 0 bridgehead atoms. The largest absolute Gasteiger partial charge is 0.491 e. The first-order valence-electron chi connectivity index (χ1n) is 4.22. The first-order chi connectivity index (χ1) is 6.72. The Morgan fingerprint density at radius 2 is 2.29 bits per heavy atom. The van der Waals surface area contributed by atoms with Gasteiger partial charge in [-0.1, -0.05) is 11.6 Å². The Morgan fingerprint density at radius 1 is 1.50 bits per heavy atom. The summed E-state index contributed by atoms with van der Waals surface area (Å²) in [6.07, 6.45) is 0. The zero-order chi connectivity index (χ0) is 10.1. The van der Waals surface area contributed by atoms with Crippen molar-refractivity contribution in [2.75, 3.05) is 6.61 Å². The van der Waals surface area contributed by atoms with Crippen molar-refractivity contribution in [2.24, 2.45) is 0 Å². The number of rotatable bonds is 2. The van der Waals surface area contributed by atoms with Crippen LogP contribution in [-0.4, -0.2) is 6.61 Å². The Kier molecular flexibility index (Phi) is 3.00. The van der Waals surface area contributed by atoms with Crippen LogP contribution < -0.4 is 4.74 Å². The quantitative estimate of drug-likeness (QED) is 0.778. The highest BCUT2D eigenvalue weighted by molar-refractivity contribution is 9.11. The van der Waals surface area contributed by atoms with Gasteiger partial charge in [0.2, 0.25) is 0 Å². The molecule has 0 saturated carbocycles. The van der Waals surface area contributed by atoms with Crippen LogP contribution in [0.5, 0.6) is 5.75 Å². The number of fused-ring (bicyclic) bond motifs is 1. The van der Waals surface area contributed by atoms with Crippen molar-refractivity contribution in [3.63, 3.8) is 0 Å². The van der Waals surface area contributed by atoms with Gasteiger partial charge in [0.15, 0.2) is 5.75 Å². The van der Waals surface area contributed by atoms with Crippen molar-refractivity contribution in [3.8, 4) is 5.75 Å². The Hall–Kier alpha value is -0.250. The van der Waals surface area contributed by atoms with E-state index in [1.54, 1.807) is 11.3 Å². The molecule has 2 rings (SSSR count). The molecule has 0 fully saturated rings. The first kappa shape index (κ1) is 10.3. The molecule has 74 valence electrons. The molecule has 0 aliphatic rings. The lowest BCUT2D eigenvalue weighted by molar-refractivity contribution is 0.344. The molecular weight excluding hydrogens is 284 g/mol. The van der Waals surface area contributed by atoms with Gasteiger partial charge in [0.1, 0.15) is 3.79 Å². The Morgan fingerprint density at radius 3 is 3.00 bits per heavy atom. The van der Waals surface area contributed by atoms with Crippen molar-refractivity contribution in [1.82, 2.24) is 0 Å². The van der Waals surface area contributed by atoms with Crippen LogP contribution in [0, 0.1) is 0 Å².